The summed E-state index contributed by atoms with van der Waals surface area (Å²) in [7, 11) is 2.03. The zero-order valence-electron chi connectivity index (χ0n) is 25.1. The normalized spacial score (nSPS) is 17.0. The van der Waals surface area contributed by atoms with Gasteiger partial charge in [0, 0.05) is 78.0 Å². The average molecular weight is 647 g/mol. The van der Waals surface area contributed by atoms with Crippen molar-refractivity contribution in [3.05, 3.63) is 102 Å². The molecule has 1 aliphatic carbocycles. The molecule has 0 amide bonds. The Morgan fingerprint density at radius 3 is 2.61 bits per heavy atom. The van der Waals surface area contributed by atoms with E-state index in [1.54, 1.807) is 18.6 Å². The first-order chi connectivity index (χ1) is 22.5. The van der Waals surface area contributed by atoms with Gasteiger partial charge in [-0.3, -0.25) is 4.98 Å². The molecule has 5 aromatic heterocycles. The van der Waals surface area contributed by atoms with Crippen LogP contribution in [0.5, 0.6) is 0 Å². The molecule has 10 nitrogen and oxygen atoms in total. The number of anilines is 3. The molecule has 6 aromatic rings. The van der Waals surface area contributed by atoms with E-state index in [1.807, 2.05) is 49.8 Å². The van der Waals surface area contributed by atoms with E-state index < -0.39 is 0 Å². The molecule has 6 heterocycles. The number of halogens is 1. The third-order valence-electron chi connectivity index (χ3n) is 9.26. The molecule has 1 fully saturated rings. The molecule has 1 aliphatic heterocycles. The van der Waals surface area contributed by atoms with Gasteiger partial charge in [-0.25, -0.2) is 24.9 Å². The second-order valence-electron chi connectivity index (χ2n) is 11.9. The quantitative estimate of drug-likeness (QED) is 0.204. The molecule has 2 aliphatic rings. The van der Waals surface area contributed by atoms with Gasteiger partial charge in [0.25, 0.3) is 0 Å². The van der Waals surface area contributed by atoms with Crippen LogP contribution in [0.1, 0.15) is 30.1 Å². The molecule has 0 radical (unpaired) electrons. The zero-order valence-corrected chi connectivity index (χ0v) is 26.7. The molecule has 8 rings (SSSR count). The predicted molar refractivity (Wildman–Crippen MR) is 181 cm³/mol. The van der Waals surface area contributed by atoms with Crippen LogP contribution in [0.2, 0.25) is 5.02 Å². The number of para-hydroxylation sites is 1. The molecule has 0 unspecified atom stereocenters. The summed E-state index contributed by atoms with van der Waals surface area (Å²) >= 11 is 8.26. The molecule has 0 saturated carbocycles. The van der Waals surface area contributed by atoms with Gasteiger partial charge in [-0.15, -0.1) is 0 Å². The molecule has 0 bridgehead atoms. The van der Waals surface area contributed by atoms with Crippen molar-refractivity contribution < 1.29 is 0 Å². The number of rotatable bonds is 6. The van der Waals surface area contributed by atoms with E-state index in [0.717, 1.165) is 75.9 Å². The highest BCUT2D eigenvalue weighted by atomic mass is 35.5. The lowest BCUT2D eigenvalue weighted by Gasteiger charge is -2.42. The van der Waals surface area contributed by atoms with Crippen molar-refractivity contribution >= 4 is 51.8 Å². The van der Waals surface area contributed by atoms with Crippen molar-refractivity contribution in [3.8, 4) is 11.3 Å². The van der Waals surface area contributed by atoms with Crippen LogP contribution in [-0.2, 0) is 13.5 Å². The second kappa shape index (κ2) is 11.7. The number of aromatic nitrogens is 7. The minimum Gasteiger partial charge on any atom is -0.355 e. The van der Waals surface area contributed by atoms with Gasteiger partial charge in [-0.2, -0.15) is 0 Å². The number of piperidine rings is 1. The van der Waals surface area contributed by atoms with E-state index in [-0.39, 0.29) is 11.5 Å². The summed E-state index contributed by atoms with van der Waals surface area (Å²) in [4.78, 5) is 30.8. The van der Waals surface area contributed by atoms with E-state index in [9.17, 15) is 0 Å². The Morgan fingerprint density at radius 2 is 1.78 bits per heavy atom. The minimum absolute atomic E-state index is 0.0346. The summed E-state index contributed by atoms with van der Waals surface area (Å²) < 4.78 is 2.10. The lowest BCUT2D eigenvalue weighted by Crippen LogP contribution is -2.44. The number of nitrogens with two attached hydrogens (primary N) is 1. The summed E-state index contributed by atoms with van der Waals surface area (Å²) in [5.74, 6) is 1.75. The van der Waals surface area contributed by atoms with Crippen LogP contribution in [0.15, 0.2) is 95.6 Å². The molecule has 12 heteroatoms. The fraction of sp³-hybridized carbons (Fsp3) is 0.235. The summed E-state index contributed by atoms with van der Waals surface area (Å²) in [6, 6.07) is 16.2. The number of aryl methyl sites for hydroxylation is 1. The van der Waals surface area contributed by atoms with Crippen LogP contribution in [0, 0.1) is 5.41 Å². The lowest BCUT2D eigenvalue weighted by atomic mass is 9.73. The summed E-state index contributed by atoms with van der Waals surface area (Å²) in [5, 5.41) is 5.53. The third-order valence-corrected chi connectivity index (χ3v) is 10.7. The van der Waals surface area contributed by atoms with E-state index in [1.165, 1.54) is 17.3 Å². The monoisotopic (exact) mass is 646 g/mol. The molecule has 46 heavy (non-hydrogen) atoms. The molecule has 1 spiro atoms. The number of nitrogens with zero attached hydrogens (tertiary/aromatic N) is 8. The number of fused-ring (bicyclic) bond motifs is 2. The molecule has 1 saturated heterocycles. The molecule has 230 valence electrons. The van der Waals surface area contributed by atoms with Gasteiger partial charge in [0.05, 0.1) is 23.1 Å². The first kappa shape index (κ1) is 28.9. The zero-order chi connectivity index (χ0) is 31.3. The van der Waals surface area contributed by atoms with Crippen molar-refractivity contribution in [1.29, 1.82) is 0 Å². The average Bonchev–Trinajstić information content (AvgIpc) is 3.57. The summed E-state index contributed by atoms with van der Waals surface area (Å²) in [6.45, 7) is 1.77. The van der Waals surface area contributed by atoms with E-state index in [4.69, 9.17) is 32.3 Å². The van der Waals surface area contributed by atoms with E-state index in [0.29, 0.717) is 16.8 Å². The van der Waals surface area contributed by atoms with Gasteiger partial charge >= 0.3 is 0 Å². The van der Waals surface area contributed by atoms with Crippen LogP contribution >= 0.6 is 23.4 Å². The van der Waals surface area contributed by atoms with Gasteiger partial charge in [0.1, 0.15) is 10.8 Å². The first-order valence-corrected chi connectivity index (χ1v) is 16.4. The highest BCUT2D eigenvalue weighted by Gasteiger charge is 2.46. The van der Waals surface area contributed by atoms with Gasteiger partial charge in [-0.05, 0) is 54.5 Å². The van der Waals surface area contributed by atoms with Gasteiger partial charge in [0.2, 0.25) is 5.95 Å². The van der Waals surface area contributed by atoms with Crippen LogP contribution in [0.3, 0.4) is 0 Å². The Labute approximate surface area is 275 Å². The minimum atomic E-state index is 0.0346. The van der Waals surface area contributed by atoms with Crippen molar-refractivity contribution in [1.82, 2.24) is 34.5 Å². The number of pyridine rings is 2. The third kappa shape index (κ3) is 5.14. The van der Waals surface area contributed by atoms with Crippen LogP contribution in [0.4, 0.5) is 17.6 Å². The molecular formula is C34H31ClN10S. The van der Waals surface area contributed by atoms with Crippen LogP contribution < -0.4 is 16.0 Å². The van der Waals surface area contributed by atoms with Crippen LogP contribution in [0.25, 0.3) is 22.2 Å². The van der Waals surface area contributed by atoms with Crippen molar-refractivity contribution in [2.45, 2.75) is 35.2 Å². The number of hydrogen-bond donors (Lipinski definition) is 2. The molecule has 1 aromatic carbocycles. The molecular weight excluding hydrogens is 616 g/mol. The summed E-state index contributed by atoms with van der Waals surface area (Å²) in [5.41, 5.74) is 12.1. The standard InChI is InChI=1S/C34H31ClN10S/c1-44-20-23(21-5-2-3-7-26(21)44)24-8-13-39-33(42-24)43-32-30(35)27(9-14-38-32)46-29-19-40-28(18-41-29)45-15-10-34(11-16-45)17-25-22(31(34)36)6-4-12-37-25/h2-9,12-14,18-20,31H,10-11,15-17,36H2,1H3,(H,38,39,42,43)/t31-/m1/s1. The molecule has 3 N–H and O–H groups in total. The Hall–Kier alpha value is -4.58. The Morgan fingerprint density at radius 1 is 0.935 bits per heavy atom. The highest BCUT2D eigenvalue weighted by Crippen LogP contribution is 2.50. The second-order valence-corrected chi connectivity index (χ2v) is 13.3. The topological polar surface area (TPSA) is 124 Å². The molecule has 1 atom stereocenters. The number of benzene rings is 1. The van der Waals surface area contributed by atoms with Crippen LogP contribution in [-0.4, -0.2) is 47.6 Å². The Kier molecular flexibility index (Phi) is 7.31. The lowest BCUT2D eigenvalue weighted by molar-refractivity contribution is 0.186. The fourth-order valence-electron chi connectivity index (χ4n) is 6.77. The smallest absolute Gasteiger partial charge is 0.228 e. The van der Waals surface area contributed by atoms with Gasteiger partial charge in [-0.1, -0.05) is 47.6 Å². The first-order valence-electron chi connectivity index (χ1n) is 15.2. The maximum atomic E-state index is 6.83. The van der Waals surface area contributed by atoms with Gasteiger partial charge in [0.15, 0.2) is 5.82 Å². The van der Waals surface area contributed by atoms with Gasteiger partial charge < -0.3 is 20.5 Å². The largest absolute Gasteiger partial charge is 0.355 e. The fourth-order valence-corrected chi connectivity index (χ4v) is 7.80. The SMILES string of the molecule is Cn1cc(-c2ccnc(Nc3nccc(Sc4cnc(N5CCC6(CC5)Cc5ncccc5[C@H]6N)cn4)c3Cl)n2)c2ccccc21. The Bertz CT molecular complexity index is 2060. The van der Waals surface area contributed by atoms with Crippen molar-refractivity contribution in [2.75, 3.05) is 23.3 Å². The maximum Gasteiger partial charge on any atom is 0.228 e. The van der Waals surface area contributed by atoms with E-state index in [2.05, 4.69) is 54.1 Å². The Balaban J connectivity index is 0.942. The van der Waals surface area contributed by atoms with Crippen molar-refractivity contribution in [3.63, 3.8) is 0 Å². The summed E-state index contributed by atoms with van der Waals surface area (Å²) in [6.07, 6.45) is 14.0. The number of hydrogen-bond acceptors (Lipinski definition) is 10. The van der Waals surface area contributed by atoms with Crippen molar-refractivity contribution in [2.24, 2.45) is 18.2 Å². The van der Waals surface area contributed by atoms with E-state index >= 15 is 0 Å². The maximum absolute atomic E-state index is 6.83. The predicted octanol–water partition coefficient (Wildman–Crippen LogP) is 6.61. The highest BCUT2D eigenvalue weighted by molar-refractivity contribution is 7.99. The number of nitrogens with one attached hydrogen (secondary N) is 1.